The van der Waals surface area contributed by atoms with Gasteiger partial charge in [0.2, 0.25) is 11.8 Å². The molecule has 9 heteroatoms. The SMILES string of the molecule is C[C@H](Sc1nnc(C[C@H]2CCS(=O)(=O)C2)o1)C(=O)Nc1ccc2c(c1)CCC2. The molecule has 2 atom stereocenters. The molecule has 1 aromatic heterocycles. The van der Waals surface area contributed by atoms with E-state index in [2.05, 4.69) is 27.6 Å². The maximum absolute atomic E-state index is 12.5. The van der Waals surface area contributed by atoms with Gasteiger partial charge < -0.3 is 9.73 Å². The molecule has 4 rings (SSSR count). The molecular formula is C19H23N3O4S2. The fraction of sp³-hybridized carbons (Fsp3) is 0.526. The summed E-state index contributed by atoms with van der Waals surface area (Å²) in [5, 5.41) is 10.9. The highest BCUT2D eigenvalue weighted by Crippen LogP contribution is 2.28. The Morgan fingerprint density at radius 2 is 2.14 bits per heavy atom. The number of sulfone groups is 1. The Morgan fingerprint density at radius 1 is 1.32 bits per heavy atom. The minimum absolute atomic E-state index is 0.0313. The van der Waals surface area contributed by atoms with Gasteiger partial charge in [-0.15, -0.1) is 10.2 Å². The number of benzene rings is 1. The second-order valence-electron chi connectivity index (χ2n) is 7.52. The van der Waals surface area contributed by atoms with E-state index in [1.165, 1.54) is 29.3 Å². The molecule has 0 radical (unpaired) electrons. The molecular weight excluding hydrogens is 398 g/mol. The summed E-state index contributed by atoms with van der Waals surface area (Å²) in [6.45, 7) is 1.79. The predicted octanol–water partition coefficient (Wildman–Crippen LogP) is 2.65. The molecule has 150 valence electrons. The minimum Gasteiger partial charge on any atom is -0.416 e. The van der Waals surface area contributed by atoms with Crippen molar-refractivity contribution in [2.24, 2.45) is 5.92 Å². The summed E-state index contributed by atoms with van der Waals surface area (Å²) in [6, 6.07) is 6.08. The van der Waals surface area contributed by atoms with E-state index in [-0.39, 0.29) is 23.3 Å². The van der Waals surface area contributed by atoms with Gasteiger partial charge in [-0.3, -0.25) is 4.79 Å². The van der Waals surface area contributed by atoms with Crippen LogP contribution in [0.15, 0.2) is 27.8 Å². The van der Waals surface area contributed by atoms with Gasteiger partial charge in [-0.25, -0.2) is 8.42 Å². The smallest absolute Gasteiger partial charge is 0.277 e. The molecule has 2 heterocycles. The van der Waals surface area contributed by atoms with Crippen LogP contribution in [0.5, 0.6) is 0 Å². The van der Waals surface area contributed by atoms with Gasteiger partial charge in [0, 0.05) is 12.1 Å². The molecule has 0 spiro atoms. The number of thioether (sulfide) groups is 1. The zero-order chi connectivity index (χ0) is 19.7. The van der Waals surface area contributed by atoms with Gasteiger partial charge in [-0.1, -0.05) is 17.8 Å². The third-order valence-corrected chi connectivity index (χ3v) is 8.02. The monoisotopic (exact) mass is 421 g/mol. The maximum Gasteiger partial charge on any atom is 0.277 e. The molecule has 0 saturated carbocycles. The van der Waals surface area contributed by atoms with Crippen LogP contribution in [-0.4, -0.2) is 41.3 Å². The quantitative estimate of drug-likeness (QED) is 0.715. The lowest BCUT2D eigenvalue weighted by Crippen LogP contribution is -2.22. The highest BCUT2D eigenvalue weighted by Gasteiger charge is 2.29. The van der Waals surface area contributed by atoms with Crippen LogP contribution in [0.4, 0.5) is 5.69 Å². The zero-order valence-corrected chi connectivity index (χ0v) is 17.3. The van der Waals surface area contributed by atoms with Crippen LogP contribution in [0.2, 0.25) is 0 Å². The summed E-state index contributed by atoms with van der Waals surface area (Å²) in [7, 11) is -2.92. The maximum atomic E-state index is 12.5. The van der Waals surface area contributed by atoms with Crippen molar-refractivity contribution in [3.8, 4) is 0 Å². The van der Waals surface area contributed by atoms with Gasteiger partial charge in [0.05, 0.1) is 16.8 Å². The van der Waals surface area contributed by atoms with Crippen LogP contribution in [-0.2, 0) is 33.9 Å². The van der Waals surface area contributed by atoms with Crippen molar-refractivity contribution in [2.75, 3.05) is 16.8 Å². The van der Waals surface area contributed by atoms with Crippen LogP contribution >= 0.6 is 11.8 Å². The van der Waals surface area contributed by atoms with E-state index in [0.29, 0.717) is 24.0 Å². The van der Waals surface area contributed by atoms with Gasteiger partial charge >= 0.3 is 0 Å². The molecule has 1 aliphatic heterocycles. The molecule has 1 aromatic carbocycles. The molecule has 0 unspecified atom stereocenters. The molecule has 2 aliphatic rings. The minimum atomic E-state index is -2.92. The number of anilines is 1. The number of nitrogens with zero attached hydrogens (tertiary/aromatic N) is 2. The van der Waals surface area contributed by atoms with Crippen LogP contribution in [0.1, 0.15) is 36.8 Å². The Bertz CT molecular complexity index is 987. The van der Waals surface area contributed by atoms with Gasteiger partial charge in [-0.05, 0) is 61.8 Å². The number of amides is 1. The number of fused-ring (bicyclic) bond motifs is 1. The molecule has 1 N–H and O–H groups in total. The number of nitrogens with one attached hydrogen (secondary N) is 1. The second kappa shape index (κ2) is 7.87. The Labute approximate surface area is 168 Å². The third kappa shape index (κ3) is 4.57. The number of aromatic nitrogens is 2. The van der Waals surface area contributed by atoms with Crippen molar-refractivity contribution < 1.29 is 17.6 Å². The largest absolute Gasteiger partial charge is 0.416 e. The van der Waals surface area contributed by atoms with Crippen LogP contribution < -0.4 is 5.32 Å². The fourth-order valence-corrected chi connectivity index (χ4v) is 6.31. The number of carbonyl (C=O) groups excluding carboxylic acids is 1. The molecule has 1 fully saturated rings. The third-order valence-electron chi connectivity index (χ3n) is 5.25. The summed E-state index contributed by atoms with van der Waals surface area (Å²) < 4.78 is 28.7. The Balaban J connectivity index is 1.31. The van der Waals surface area contributed by atoms with Gasteiger partial charge in [0.1, 0.15) is 0 Å². The van der Waals surface area contributed by atoms with Crippen molar-refractivity contribution in [2.45, 2.75) is 49.5 Å². The predicted molar refractivity (Wildman–Crippen MR) is 107 cm³/mol. The molecule has 1 saturated heterocycles. The first-order chi connectivity index (χ1) is 13.4. The average Bonchev–Trinajstić information content (AvgIpc) is 3.35. The molecule has 2 aromatic rings. The first kappa shape index (κ1) is 19.4. The summed E-state index contributed by atoms with van der Waals surface area (Å²) in [6.07, 6.45) is 4.44. The zero-order valence-electron chi connectivity index (χ0n) is 15.7. The number of carbonyl (C=O) groups is 1. The lowest BCUT2D eigenvalue weighted by Gasteiger charge is -2.11. The van der Waals surface area contributed by atoms with Crippen LogP contribution in [0.3, 0.4) is 0 Å². The highest BCUT2D eigenvalue weighted by molar-refractivity contribution is 8.00. The highest BCUT2D eigenvalue weighted by atomic mass is 32.2. The number of aryl methyl sites for hydroxylation is 2. The topological polar surface area (TPSA) is 102 Å². The first-order valence-corrected chi connectivity index (χ1v) is 12.2. The van der Waals surface area contributed by atoms with Crippen LogP contribution in [0.25, 0.3) is 0 Å². The second-order valence-corrected chi connectivity index (χ2v) is 11.0. The summed E-state index contributed by atoms with van der Waals surface area (Å²) in [5.41, 5.74) is 3.49. The first-order valence-electron chi connectivity index (χ1n) is 9.50. The van der Waals surface area contributed by atoms with Gasteiger partial charge in [0.15, 0.2) is 9.84 Å². The summed E-state index contributed by atoms with van der Waals surface area (Å²) in [4.78, 5) is 12.5. The number of rotatable bonds is 6. The van der Waals surface area contributed by atoms with E-state index in [1.807, 2.05) is 6.07 Å². The molecule has 0 bridgehead atoms. The fourth-order valence-electron chi connectivity index (χ4n) is 3.75. The van der Waals surface area contributed by atoms with E-state index in [9.17, 15) is 13.2 Å². The van der Waals surface area contributed by atoms with E-state index in [0.717, 1.165) is 18.5 Å². The lowest BCUT2D eigenvalue weighted by molar-refractivity contribution is -0.115. The number of hydrogen-bond donors (Lipinski definition) is 1. The molecule has 1 aliphatic carbocycles. The Morgan fingerprint density at radius 3 is 2.93 bits per heavy atom. The molecule has 7 nitrogen and oxygen atoms in total. The van der Waals surface area contributed by atoms with E-state index in [4.69, 9.17) is 4.42 Å². The summed E-state index contributed by atoms with van der Waals surface area (Å²) >= 11 is 1.20. The average molecular weight is 422 g/mol. The number of hydrogen-bond acceptors (Lipinski definition) is 7. The van der Waals surface area contributed by atoms with E-state index >= 15 is 0 Å². The van der Waals surface area contributed by atoms with Crippen LogP contribution in [0, 0.1) is 5.92 Å². The standard InChI is InChI=1S/C19H23N3O4S2/c1-12(18(23)20-16-6-5-14-3-2-4-15(14)10-16)27-19-22-21-17(26-19)9-13-7-8-28(24,25)11-13/h5-6,10,12-13H,2-4,7-9,11H2,1H3,(H,20,23)/t12-,13+/m0/s1. The van der Waals surface area contributed by atoms with Crippen molar-refractivity contribution in [3.63, 3.8) is 0 Å². The summed E-state index contributed by atoms with van der Waals surface area (Å²) in [5.74, 6) is 0.745. The van der Waals surface area contributed by atoms with Crippen molar-refractivity contribution in [1.82, 2.24) is 10.2 Å². The van der Waals surface area contributed by atoms with E-state index in [1.54, 1.807) is 6.92 Å². The van der Waals surface area contributed by atoms with Crippen molar-refractivity contribution >= 4 is 33.2 Å². The van der Waals surface area contributed by atoms with Crippen molar-refractivity contribution in [3.05, 3.63) is 35.2 Å². The van der Waals surface area contributed by atoms with Gasteiger partial charge in [-0.2, -0.15) is 0 Å². The lowest BCUT2D eigenvalue weighted by atomic mass is 10.1. The van der Waals surface area contributed by atoms with Crippen molar-refractivity contribution in [1.29, 1.82) is 0 Å². The molecule has 1 amide bonds. The van der Waals surface area contributed by atoms with E-state index < -0.39 is 15.1 Å². The van der Waals surface area contributed by atoms with Gasteiger partial charge in [0.25, 0.3) is 5.22 Å². The molecule has 28 heavy (non-hydrogen) atoms. The normalized spacial score (nSPS) is 21.4. The Kier molecular flexibility index (Phi) is 5.46. The Hall–Kier alpha value is -1.87.